The molecule has 2 aliphatic rings. The van der Waals surface area contributed by atoms with Crippen LogP contribution in [0.2, 0.25) is 0 Å². The molecule has 11 rings (SSSR count). The van der Waals surface area contributed by atoms with Crippen LogP contribution >= 0.6 is 11.3 Å². The Morgan fingerprint density at radius 2 is 1.08 bits per heavy atom. The second kappa shape index (κ2) is 10.7. The summed E-state index contributed by atoms with van der Waals surface area (Å²) in [5.41, 5.74) is 9.95. The van der Waals surface area contributed by atoms with E-state index in [1.165, 1.54) is 12.1 Å². The lowest BCUT2D eigenvalue weighted by Crippen LogP contribution is -2.60. The number of halogens is 2. The van der Waals surface area contributed by atoms with E-state index in [1.807, 2.05) is 36.4 Å². The fourth-order valence-electron chi connectivity index (χ4n) is 8.46. The summed E-state index contributed by atoms with van der Waals surface area (Å²) in [5, 5.41) is 3.36. The summed E-state index contributed by atoms with van der Waals surface area (Å²) in [6.45, 7) is -0.173. The molecule has 0 atom stereocenters. The third kappa shape index (κ3) is 3.92. The van der Waals surface area contributed by atoms with E-state index in [0.29, 0.717) is 11.4 Å². The average molecular weight is 678 g/mol. The molecule has 2 aromatic heterocycles. The number of hydrogen-bond acceptors (Lipinski definition) is 3. The maximum atomic E-state index is 16.1. The minimum atomic E-state index is -0.312. The second-order valence-electron chi connectivity index (χ2n) is 13.1. The molecule has 0 aliphatic carbocycles. The molecule has 240 valence electrons. The molecule has 0 saturated carbocycles. The summed E-state index contributed by atoms with van der Waals surface area (Å²) in [5.74, 6) is -0.611. The van der Waals surface area contributed by atoms with Crippen LogP contribution < -0.4 is 25.5 Å². The summed E-state index contributed by atoms with van der Waals surface area (Å²) in [6.07, 6.45) is 0. The first-order chi connectivity index (χ1) is 25.2. The van der Waals surface area contributed by atoms with Gasteiger partial charge >= 0.3 is 0 Å². The molecule has 0 N–H and O–H groups in total. The Morgan fingerprint density at radius 3 is 1.84 bits per heavy atom. The molecule has 51 heavy (non-hydrogen) atoms. The largest absolute Gasteiger partial charge is 0.309 e. The van der Waals surface area contributed by atoms with Crippen LogP contribution in [0.1, 0.15) is 0 Å². The minimum absolute atomic E-state index is 0.173. The van der Waals surface area contributed by atoms with Crippen molar-refractivity contribution in [3.63, 3.8) is 0 Å². The van der Waals surface area contributed by atoms with Crippen LogP contribution in [0.5, 0.6) is 0 Å². The molecule has 4 heterocycles. The first-order valence-corrected chi connectivity index (χ1v) is 17.8. The van der Waals surface area contributed by atoms with Gasteiger partial charge in [-0.05, 0) is 77.7 Å². The lowest BCUT2D eigenvalue weighted by atomic mass is 9.36. The molecule has 0 saturated heterocycles. The van der Waals surface area contributed by atoms with E-state index in [-0.39, 0.29) is 18.3 Å². The Labute approximate surface area is 296 Å². The zero-order valence-electron chi connectivity index (χ0n) is 27.1. The predicted octanol–water partition coefficient (Wildman–Crippen LogP) is 10.4. The van der Waals surface area contributed by atoms with Gasteiger partial charge in [0, 0.05) is 48.4 Å². The average Bonchev–Trinajstić information content (AvgIpc) is 3.71. The monoisotopic (exact) mass is 677 g/mol. The Morgan fingerprint density at radius 1 is 0.471 bits per heavy atom. The van der Waals surface area contributed by atoms with Gasteiger partial charge in [-0.15, -0.1) is 11.3 Å². The summed E-state index contributed by atoms with van der Waals surface area (Å²) in [7, 11) is 0. The van der Waals surface area contributed by atoms with E-state index >= 15 is 8.78 Å². The molecule has 0 spiro atoms. The first kappa shape index (κ1) is 28.6. The van der Waals surface area contributed by atoms with Gasteiger partial charge in [0.2, 0.25) is 0 Å². The van der Waals surface area contributed by atoms with Crippen LogP contribution in [-0.4, -0.2) is 11.3 Å². The lowest BCUT2D eigenvalue weighted by molar-refractivity contribution is 0.629. The fraction of sp³-hybridized carbons (Fsp3) is 0. The van der Waals surface area contributed by atoms with E-state index in [1.54, 1.807) is 23.5 Å². The van der Waals surface area contributed by atoms with Gasteiger partial charge in [0.15, 0.2) is 0 Å². The number of anilines is 6. The van der Waals surface area contributed by atoms with Crippen LogP contribution in [0, 0.1) is 11.6 Å². The first-order valence-electron chi connectivity index (χ1n) is 17.0. The highest BCUT2D eigenvalue weighted by Crippen LogP contribution is 2.49. The standard InChI is InChI=1S/C44H26BF2N3S/c46-32-17-6-9-20-35(32)49-37-22-12-23-38-42(37)45(44-43(29-16-5-11-24-41(29)51-44)50(38)36-21-10-7-18-33(36)47)31-25-30-28-15-4-8-19-34(28)48(39(30)26-40(31)49)27-13-2-1-3-14-27/h1-26H. The lowest BCUT2D eigenvalue weighted by Gasteiger charge is -2.43. The molecule has 0 unspecified atom stereocenters. The third-order valence-electron chi connectivity index (χ3n) is 10.5. The predicted molar refractivity (Wildman–Crippen MR) is 210 cm³/mol. The maximum absolute atomic E-state index is 16.1. The van der Waals surface area contributed by atoms with Crippen molar-refractivity contribution >= 4 is 99.8 Å². The van der Waals surface area contributed by atoms with E-state index in [9.17, 15) is 0 Å². The van der Waals surface area contributed by atoms with Gasteiger partial charge in [-0.2, -0.15) is 0 Å². The molecule has 3 nitrogen and oxygen atoms in total. The van der Waals surface area contributed by atoms with Crippen LogP contribution in [0.3, 0.4) is 0 Å². The van der Waals surface area contributed by atoms with Gasteiger partial charge in [0.25, 0.3) is 6.71 Å². The van der Waals surface area contributed by atoms with Crippen molar-refractivity contribution < 1.29 is 8.78 Å². The second-order valence-corrected chi connectivity index (χ2v) is 14.2. The van der Waals surface area contributed by atoms with Gasteiger partial charge in [0.1, 0.15) is 11.6 Å². The van der Waals surface area contributed by atoms with Crippen molar-refractivity contribution in [2.45, 2.75) is 0 Å². The van der Waals surface area contributed by atoms with E-state index in [2.05, 4.69) is 111 Å². The number of aromatic nitrogens is 1. The summed E-state index contributed by atoms with van der Waals surface area (Å²) in [4.78, 5) is 4.16. The number of fused-ring (bicyclic) bond motifs is 9. The number of thiophene rings is 1. The molecule has 9 aromatic rings. The molecule has 7 heteroatoms. The van der Waals surface area contributed by atoms with Gasteiger partial charge in [0.05, 0.1) is 28.1 Å². The normalized spacial score (nSPS) is 13.2. The molecular weight excluding hydrogens is 651 g/mol. The molecular formula is C44H26BF2N3S. The number of nitrogens with zero attached hydrogens (tertiary/aromatic N) is 3. The summed E-state index contributed by atoms with van der Waals surface area (Å²) < 4.78 is 36.7. The topological polar surface area (TPSA) is 11.4 Å². The van der Waals surface area contributed by atoms with Gasteiger partial charge in [-0.3, -0.25) is 0 Å². The number of benzene rings is 7. The molecule has 2 aliphatic heterocycles. The van der Waals surface area contributed by atoms with Crippen molar-refractivity contribution in [2.24, 2.45) is 0 Å². The maximum Gasteiger partial charge on any atom is 0.264 e. The van der Waals surface area contributed by atoms with Crippen molar-refractivity contribution in [1.29, 1.82) is 0 Å². The van der Waals surface area contributed by atoms with Crippen LogP contribution in [0.15, 0.2) is 158 Å². The summed E-state index contributed by atoms with van der Waals surface area (Å²) >= 11 is 1.76. The Kier molecular flexibility index (Phi) is 5.99. The zero-order chi connectivity index (χ0) is 33.8. The molecule has 0 fully saturated rings. The van der Waals surface area contributed by atoms with E-state index in [0.717, 1.165) is 76.0 Å². The quantitative estimate of drug-likeness (QED) is 0.173. The SMILES string of the molecule is Fc1ccccc1N1c2cc3c(cc2B2c4sc5ccccc5c4N(c4ccccc4F)c4cccc1c42)c1ccccc1n3-c1ccccc1. The molecule has 0 bridgehead atoms. The highest BCUT2D eigenvalue weighted by Gasteiger charge is 2.46. The Hall–Kier alpha value is -6.18. The van der Waals surface area contributed by atoms with Gasteiger partial charge in [-0.25, -0.2) is 8.78 Å². The van der Waals surface area contributed by atoms with E-state index < -0.39 is 0 Å². The Bertz CT molecular complexity index is 2880. The van der Waals surface area contributed by atoms with Crippen molar-refractivity contribution in [2.75, 3.05) is 9.80 Å². The third-order valence-corrected chi connectivity index (χ3v) is 11.7. The Balaban J connectivity index is 1.31. The van der Waals surface area contributed by atoms with Crippen LogP contribution in [-0.2, 0) is 0 Å². The van der Waals surface area contributed by atoms with Crippen molar-refractivity contribution in [3.05, 3.63) is 169 Å². The smallest absolute Gasteiger partial charge is 0.264 e. The fourth-order valence-corrected chi connectivity index (χ4v) is 9.78. The van der Waals surface area contributed by atoms with Crippen molar-refractivity contribution in [1.82, 2.24) is 4.57 Å². The molecule has 7 aromatic carbocycles. The number of rotatable bonds is 3. The minimum Gasteiger partial charge on any atom is -0.309 e. The molecule has 0 radical (unpaired) electrons. The van der Waals surface area contributed by atoms with E-state index in [4.69, 9.17) is 0 Å². The van der Waals surface area contributed by atoms with Crippen LogP contribution in [0.25, 0.3) is 37.6 Å². The van der Waals surface area contributed by atoms with Gasteiger partial charge < -0.3 is 14.4 Å². The number of hydrogen-bond donors (Lipinski definition) is 0. The van der Waals surface area contributed by atoms with Gasteiger partial charge in [-0.1, -0.05) is 91.0 Å². The molecule has 0 amide bonds. The summed E-state index contributed by atoms with van der Waals surface area (Å²) in [6, 6.07) is 52.0. The zero-order valence-corrected chi connectivity index (χ0v) is 27.9. The highest BCUT2D eigenvalue weighted by atomic mass is 32.1. The van der Waals surface area contributed by atoms with Crippen LogP contribution in [0.4, 0.5) is 42.9 Å². The van der Waals surface area contributed by atoms with Crippen molar-refractivity contribution in [3.8, 4) is 5.69 Å². The highest BCUT2D eigenvalue weighted by molar-refractivity contribution is 7.33. The number of para-hydroxylation sites is 4.